The fourth-order valence-corrected chi connectivity index (χ4v) is 1.28. The fourth-order valence-electron chi connectivity index (χ4n) is 1.28. The maximum absolute atomic E-state index is 11.2. The lowest BCUT2D eigenvalue weighted by Gasteiger charge is -2.36. The second kappa shape index (κ2) is 4.86. The number of ether oxygens (including phenoxy) is 2. The second-order valence-corrected chi connectivity index (χ2v) is 3.17. The summed E-state index contributed by atoms with van der Waals surface area (Å²) < 4.78 is 9.17. The Morgan fingerprint density at radius 3 is 2.33 bits per heavy atom. The van der Waals surface area contributed by atoms with Gasteiger partial charge in [-0.25, -0.2) is 4.79 Å². The van der Waals surface area contributed by atoms with Crippen LogP contribution >= 0.6 is 0 Å². The van der Waals surface area contributed by atoms with Crippen molar-refractivity contribution in [2.75, 3.05) is 6.61 Å². The highest BCUT2D eigenvalue weighted by atomic mass is 16.7. The molecule has 0 aliphatic carbocycles. The number of aliphatic hydroxyl groups excluding tert-OH is 4. The number of hydrogen-bond acceptors (Lipinski definition) is 7. The summed E-state index contributed by atoms with van der Waals surface area (Å²) in [6.07, 6.45) is -8.13. The van der Waals surface area contributed by atoms with Gasteiger partial charge in [0.05, 0.1) is 6.61 Å². The normalized spacial score (nSPS) is 41.3. The summed E-state index contributed by atoms with van der Waals surface area (Å²) in [6.45, 7) is 1.65. The molecule has 15 heavy (non-hydrogen) atoms. The zero-order valence-corrected chi connectivity index (χ0v) is 8.11. The van der Waals surface area contributed by atoms with Gasteiger partial charge in [0, 0.05) is 0 Å². The summed E-state index contributed by atoms with van der Waals surface area (Å²) in [5.74, 6) is -0.894. The second-order valence-electron chi connectivity index (χ2n) is 3.17. The first-order chi connectivity index (χ1) is 6.99. The number of rotatable bonds is 2. The average molecular weight is 222 g/mol. The van der Waals surface area contributed by atoms with E-state index in [0.717, 1.165) is 0 Å². The van der Waals surface area contributed by atoms with Crippen molar-refractivity contribution in [2.24, 2.45) is 0 Å². The molecule has 4 N–H and O–H groups in total. The van der Waals surface area contributed by atoms with Gasteiger partial charge in [-0.15, -0.1) is 0 Å². The van der Waals surface area contributed by atoms with Crippen LogP contribution in [-0.2, 0) is 14.3 Å². The quantitative estimate of drug-likeness (QED) is 0.377. The van der Waals surface area contributed by atoms with Crippen LogP contribution < -0.4 is 0 Å². The molecule has 1 rings (SSSR count). The molecule has 5 atom stereocenters. The van der Waals surface area contributed by atoms with E-state index in [9.17, 15) is 15.0 Å². The van der Waals surface area contributed by atoms with Crippen LogP contribution in [0.2, 0.25) is 0 Å². The highest BCUT2D eigenvalue weighted by Gasteiger charge is 2.46. The molecule has 7 nitrogen and oxygen atoms in total. The summed E-state index contributed by atoms with van der Waals surface area (Å²) in [5.41, 5.74) is 0. The van der Waals surface area contributed by atoms with Crippen LogP contribution in [0.15, 0.2) is 0 Å². The van der Waals surface area contributed by atoms with Gasteiger partial charge in [0.1, 0.15) is 18.3 Å². The summed E-state index contributed by atoms with van der Waals surface area (Å²) in [4.78, 5) is 11.2. The van der Waals surface area contributed by atoms with Gasteiger partial charge in [0.2, 0.25) is 0 Å². The Morgan fingerprint density at radius 1 is 1.20 bits per heavy atom. The van der Waals surface area contributed by atoms with Gasteiger partial charge in [0.25, 0.3) is 0 Å². The molecule has 1 saturated heterocycles. The Labute approximate surface area is 85.9 Å². The van der Waals surface area contributed by atoms with Crippen LogP contribution in [0, 0.1) is 0 Å². The molecule has 0 radical (unpaired) electrons. The van der Waals surface area contributed by atoms with Crippen molar-refractivity contribution >= 4 is 5.97 Å². The van der Waals surface area contributed by atoms with Crippen molar-refractivity contribution in [2.45, 2.75) is 37.6 Å². The van der Waals surface area contributed by atoms with E-state index in [1.165, 1.54) is 0 Å². The van der Waals surface area contributed by atoms with Crippen LogP contribution in [0.5, 0.6) is 0 Å². The van der Waals surface area contributed by atoms with Gasteiger partial charge in [-0.3, -0.25) is 0 Å². The average Bonchev–Trinajstić information content (AvgIpc) is 2.20. The van der Waals surface area contributed by atoms with Gasteiger partial charge >= 0.3 is 5.97 Å². The summed E-state index contributed by atoms with van der Waals surface area (Å²) >= 11 is 0. The molecule has 0 aromatic carbocycles. The van der Waals surface area contributed by atoms with E-state index in [4.69, 9.17) is 10.2 Å². The van der Waals surface area contributed by atoms with E-state index >= 15 is 0 Å². The zero-order chi connectivity index (χ0) is 11.6. The molecule has 0 aromatic heterocycles. The third kappa shape index (κ3) is 2.44. The zero-order valence-electron chi connectivity index (χ0n) is 8.11. The molecule has 1 fully saturated rings. The van der Waals surface area contributed by atoms with Gasteiger partial charge < -0.3 is 29.9 Å². The summed E-state index contributed by atoms with van der Waals surface area (Å²) in [7, 11) is 0. The number of esters is 1. The van der Waals surface area contributed by atoms with E-state index in [1.807, 2.05) is 0 Å². The molecule has 0 aromatic rings. The molecule has 0 bridgehead atoms. The predicted molar refractivity (Wildman–Crippen MR) is 45.5 cm³/mol. The van der Waals surface area contributed by atoms with Crippen molar-refractivity contribution in [1.29, 1.82) is 0 Å². The van der Waals surface area contributed by atoms with Crippen LogP contribution in [0.1, 0.15) is 6.92 Å². The number of carbonyl (C=O) groups is 1. The van der Waals surface area contributed by atoms with Crippen molar-refractivity contribution in [1.82, 2.24) is 0 Å². The smallest absolute Gasteiger partial charge is 0.338 e. The SMILES string of the molecule is CCOC(=O)[C@H]1O[C@H](O)[C@H](O)[C@@H](O)[C@@H]1O. The topological polar surface area (TPSA) is 116 Å². The first-order valence-corrected chi connectivity index (χ1v) is 4.53. The highest BCUT2D eigenvalue weighted by Crippen LogP contribution is 2.20. The predicted octanol–water partition coefficient (Wildman–Crippen LogP) is -2.65. The Bertz CT molecular complexity index is 231. The highest BCUT2D eigenvalue weighted by molar-refractivity contribution is 5.75. The number of hydrogen-bond donors (Lipinski definition) is 4. The van der Waals surface area contributed by atoms with Crippen molar-refractivity contribution < 1.29 is 34.7 Å². The van der Waals surface area contributed by atoms with Crippen LogP contribution in [0.3, 0.4) is 0 Å². The van der Waals surface area contributed by atoms with Crippen LogP contribution in [-0.4, -0.2) is 63.7 Å². The lowest BCUT2D eigenvalue weighted by Crippen LogP contribution is -2.59. The van der Waals surface area contributed by atoms with Gasteiger partial charge in [-0.1, -0.05) is 0 Å². The maximum atomic E-state index is 11.2. The lowest BCUT2D eigenvalue weighted by atomic mass is 9.99. The molecule has 0 saturated carbocycles. The van der Waals surface area contributed by atoms with Crippen LogP contribution in [0.4, 0.5) is 0 Å². The first kappa shape index (κ1) is 12.3. The minimum atomic E-state index is -1.72. The Balaban J connectivity index is 2.70. The van der Waals surface area contributed by atoms with Gasteiger partial charge in [-0.05, 0) is 6.92 Å². The van der Waals surface area contributed by atoms with E-state index < -0.39 is 36.7 Å². The maximum Gasteiger partial charge on any atom is 0.338 e. The van der Waals surface area contributed by atoms with E-state index in [0.29, 0.717) is 0 Å². The van der Waals surface area contributed by atoms with E-state index in [-0.39, 0.29) is 6.61 Å². The molecule has 1 aliphatic heterocycles. The molecule has 88 valence electrons. The number of carbonyl (C=O) groups excluding carboxylic acids is 1. The van der Waals surface area contributed by atoms with E-state index in [1.54, 1.807) is 6.92 Å². The fraction of sp³-hybridized carbons (Fsp3) is 0.875. The molecule has 7 heteroatoms. The molecule has 1 heterocycles. The Hall–Kier alpha value is -0.730. The number of aliphatic hydroxyl groups is 4. The molecule has 1 aliphatic rings. The minimum absolute atomic E-state index is 0.0835. The molecule has 0 unspecified atom stereocenters. The molecule has 0 amide bonds. The third-order valence-electron chi connectivity index (χ3n) is 2.11. The third-order valence-corrected chi connectivity index (χ3v) is 2.11. The molecule has 0 spiro atoms. The first-order valence-electron chi connectivity index (χ1n) is 4.53. The van der Waals surface area contributed by atoms with Crippen LogP contribution in [0.25, 0.3) is 0 Å². The monoisotopic (exact) mass is 222 g/mol. The van der Waals surface area contributed by atoms with Gasteiger partial charge in [-0.2, -0.15) is 0 Å². The molecular weight excluding hydrogens is 208 g/mol. The van der Waals surface area contributed by atoms with Crippen molar-refractivity contribution in [3.8, 4) is 0 Å². The Morgan fingerprint density at radius 2 is 1.80 bits per heavy atom. The summed E-state index contributed by atoms with van der Waals surface area (Å²) in [5, 5.41) is 36.8. The Kier molecular flexibility index (Phi) is 4.00. The van der Waals surface area contributed by atoms with Crippen molar-refractivity contribution in [3.63, 3.8) is 0 Å². The largest absolute Gasteiger partial charge is 0.464 e. The minimum Gasteiger partial charge on any atom is -0.464 e. The summed E-state index contributed by atoms with van der Waals surface area (Å²) in [6, 6.07) is 0. The van der Waals surface area contributed by atoms with E-state index in [2.05, 4.69) is 9.47 Å². The lowest BCUT2D eigenvalue weighted by molar-refractivity contribution is -0.281. The van der Waals surface area contributed by atoms with Gasteiger partial charge in [0.15, 0.2) is 12.4 Å². The standard InChI is InChI=1S/C8H14O7/c1-2-14-8(13)6-4(10)3(9)5(11)7(12)15-6/h3-7,9-12H,2H2,1H3/t3-,4-,5+,6-,7-/m0/s1. The molecular formula is C8H14O7. The van der Waals surface area contributed by atoms with Crippen molar-refractivity contribution in [3.05, 3.63) is 0 Å².